The Hall–Kier alpha value is -3.03. The molecule has 8 nitrogen and oxygen atoms in total. The first-order valence-corrected chi connectivity index (χ1v) is 9.75. The summed E-state index contributed by atoms with van der Waals surface area (Å²) in [7, 11) is 1.81. The number of ether oxygens (including phenoxy) is 2. The fraction of sp³-hybridized carbons (Fsp3) is 0.476. The van der Waals surface area contributed by atoms with Crippen molar-refractivity contribution in [1.29, 1.82) is 0 Å². The smallest absolute Gasteiger partial charge is 0.410 e. The third-order valence-electron chi connectivity index (χ3n) is 4.54. The molecule has 0 unspecified atom stereocenters. The van der Waals surface area contributed by atoms with E-state index in [0.29, 0.717) is 36.7 Å². The molecule has 1 aromatic heterocycles. The number of benzene rings is 1. The zero-order chi connectivity index (χ0) is 21.2. The molecule has 0 bridgehead atoms. The molecule has 1 aliphatic rings. The van der Waals surface area contributed by atoms with Crippen molar-refractivity contribution in [2.24, 2.45) is 7.05 Å². The van der Waals surface area contributed by atoms with Crippen molar-refractivity contribution < 1.29 is 19.1 Å². The summed E-state index contributed by atoms with van der Waals surface area (Å²) in [6.07, 6.45) is 0.223. The highest BCUT2D eigenvalue weighted by atomic mass is 16.6. The Bertz CT molecular complexity index is 914. The van der Waals surface area contributed by atoms with Gasteiger partial charge in [-0.15, -0.1) is 0 Å². The molecule has 0 saturated heterocycles. The minimum absolute atomic E-state index is 0.286. The van der Waals surface area contributed by atoms with Crippen LogP contribution in [0.3, 0.4) is 0 Å². The van der Waals surface area contributed by atoms with Crippen LogP contribution in [0.25, 0.3) is 0 Å². The maximum absolute atomic E-state index is 13.0. The van der Waals surface area contributed by atoms with E-state index in [2.05, 4.69) is 10.4 Å². The highest BCUT2D eigenvalue weighted by molar-refractivity contribution is 6.04. The number of carbonyl (C=O) groups is 2. The molecule has 1 aliphatic heterocycles. The summed E-state index contributed by atoms with van der Waals surface area (Å²) in [5.41, 5.74) is 2.01. The van der Waals surface area contributed by atoms with E-state index in [0.717, 1.165) is 11.3 Å². The van der Waals surface area contributed by atoms with Crippen LogP contribution in [0.2, 0.25) is 0 Å². The summed E-state index contributed by atoms with van der Waals surface area (Å²) in [6.45, 7) is 8.69. The number of hydrogen-bond acceptors (Lipinski definition) is 5. The Balaban J connectivity index is 1.82. The molecule has 2 amide bonds. The second-order valence-electron chi connectivity index (χ2n) is 7.93. The number of hydrogen-bond donors (Lipinski definition) is 1. The first-order valence-electron chi connectivity index (χ1n) is 9.75. The van der Waals surface area contributed by atoms with Gasteiger partial charge in [0.1, 0.15) is 11.4 Å². The Morgan fingerprint density at radius 3 is 2.66 bits per heavy atom. The molecule has 2 aromatic rings. The van der Waals surface area contributed by atoms with Crippen LogP contribution >= 0.6 is 0 Å². The molecule has 156 valence electrons. The zero-order valence-corrected chi connectivity index (χ0v) is 17.6. The lowest BCUT2D eigenvalue weighted by atomic mass is 10.0. The summed E-state index contributed by atoms with van der Waals surface area (Å²) in [4.78, 5) is 27.1. The maximum atomic E-state index is 13.0. The molecule has 2 heterocycles. The van der Waals surface area contributed by atoms with Crippen LogP contribution in [0.15, 0.2) is 24.3 Å². The number of fused-ring (bicyclic) bond motifs is 1. The summed E-state index contributed by atoms with van der Waals surface area (Å²) >= 11 is 0. The van der Waals surface area contributed by atoms with Gasteiger partial charge in [-0.2, -0.15) is 5.10 Å². The van der Waals surface area contributed by atoms with E-state index < -0.39 is 5.60 Å². The lowest BCUT2D eigenvalue weighted by Crippen LogP contribution is -2.40. The van der Waals surface area contributed by atoms with Gasteiger partial charge in [-0.05, 0) is 39.8 Å². The predicted molar refractivity (Wildman–Crippen MR) is 109 cm³/mol. The summed E-state index contributed by atoms with van der Waals surface area (Å²) in [5.74, 6) is 0.267. The molecule has 0 fully saturated rings. The van der Waals surface area contributed by atoms with Gasteiger partial charge in [0.2, 0.25) is 0 Å². The molecule has 8 heteroatoms. The van der Waals surface area contributed by atoms with Gasteiger partial charge in [0, 0.05) is 31.3 Å². The number of amides is 2. The highest BCUT2D eigenvalue weighted by Gasteiger charge is 2.31. The van der Waals surface area contributed by atoms with E-state index in [-0.39, 0.29) is 18.5 Å². The molecule has 29 heavy (non-hydrogen) atoms. The Kier molecular flexibility index (Phi) is 5.81. The predicted octanol–water partition coefficient (Wildman–Crippen LogP) is 3.36. The topological polar surface area (TPSA) is 85.7 Å². The van der Waals surface area contributed by atoms with Crippen molar-refractivity contribution >= 4 is 17.7 Å². The van der Waals surface area contributed by atoms with E-state index >= 15 is 0 Å². The number of rotatable bonds is 4. The molecule has 0 aliphatic carbocycles. The lowest BCUT2D eigenvalue weighted by molar-refractivity contribution is 0.0222. The summed E-state index contributed by atoms with van der Waals surface area (Å²) in [6, 6.07) is 7.26. The zero-order valence-electron chi connectivity index (χ0n) is 17.6. The third kappa shape index (κ3) is 4.70. The van der Waals surface area contributed by atoms with Gasteiger partial charge in [-0.1, -0.05) is 12.1 Å². The SMILES string of the molecule is CCOc1ccccc1NC(=O)c1nn(C)c2c1CN(C(=O)OC(C)(C)C)CC2. The fourth-order valence-corrected chi connectivity index (χ4v) is 3.29. The number of para-hydroxylation sites is 2. The minimum Gasteiger partial charge on any atom is -0.492 e. The van der Waals surface area contributed by atoms with Crippen LogP contribution in [0.5, 0.6) is 5.75 Å². The molecule has 1 aromatic carbocycles. The summed E-state index contributed by atoms with van der Waals surface area (Å²) < 4.78 is 12.8. The second kappa shape index (κ2) is 8.14. The Morgan fingerprint density at radius 1 is 1.24 bits per heavy atom. The van der Waals surface area contributed by atoms with E-state index in [1.54, 1.807) is 21.7 Å². The van der Waals surface area contributed by atoms with Gasteiger partial charge < -0.3 is 19.7 Å². The second-order valence-corrected chi connectivity index (χ2v) is 7.93. The molecular weight excluding hydrogens is 372 g/mol. The lowest BCUT2D eigenvalue weighted by Gasteiger charge is -2.30. The van der Waals surface area contributed by atoms with E-state index in [9.17, 15) is 9.59 Å². The molecule has 0 atom stereocenters. The number of nitrogens with zero attached hydrogens (tertiary/aromatic N) is 3. The summed E-state index contributed by atoms with van der Waals surface area (Å²) in [5, 5.41) is 7.30. The van der Waals surface area contributed by atoms with Gasteiger partial charge >= 0.3 is 6.09 Å². The number of nitrogens with one attached hydrogen (secondary N) is 1. The van der Waals surface area contributed by atoms with Crippen LogP contribution in [0.4, 0.5) is 10.5 Å². The van der Waals surface area contributed by atoms with Crippen molar-refractivity contribution in [3.63, 3.8) is 0 Å². The quantitative estimate of drug-likeness (QED) is 0.850. The monoisotopic (exact) mass is 400 g/mol. The van der Waals surface area contributed by atoms with Crippen LogP contribution in [0.1, 0.15) is 49.4 Å². The molecule has 3 rings (SSSR count). The molecular formula is C21H28N4O4. The fourth-order valence-electron chi connectivity index (χ4n) is 3.29. The third-order valence-corrected chi connectivity index (χ3v) is 4.54. The van der Waals surface area contributed by atoms with Crippen LogP contribution in [-0.4, -0.2) is 45.4 Å². The van der Waals surface area contributed by atoms with Gasteiger partial charge in [0.15, 0.2) is 5.69 Å². The average Bonchev–Trinajstić information content (AvgIpc) is 2.98. The standard InChI is InChI=1S/C21H28N4O4/c1-6-28-17-10-8-7-9-15(17)22-19(26)18-14-13-25(20(27)29-21(2,3)4)12-11-16(14)24(5)23-18/h7-10H,6,11-13H2,1-5H3,(H,22,26). The molecule has 0 radical (unpaired) electrons. The van der Waals surface area contributed by atoms with Crippen molar-refractivity contribution in [2.75, 3.05) is 18.5 Å². The van der Waals surface area contributed by atoms with Gasteiger partial charge in [-0.25, -0.2) is 4.79 Å². The maximum Gasteiger partial charge on any atom is 0.410 e. The van der Waals surface area contributed by atoms with Crippen LogP contribution in [0, 0.1) is 0 Å². The minimum atomic E-state index is -0.574. The number of aryl methyl sites for hydroxylation is 1. The number of anilines is 1. The first kappa shape index (κ1) is 20.7. The van der Waals surface area contributed by atoms with Gasteiger partial charge in [-0.3, -0.25) is 9.48 Å². The van der Waals surface area contributed by atoms with Crippen molar-refractivity contribution in [3.8, 4) is 5.75 Å². The molecule has 0 spiro atoms. The Morgan fingerprint density at radius 2 is 1.97 bits per heavy atom. The first-order chi connectivity index (χ1) is 13.7. The molecule has 0 saturated carbocycles. The van der Waals surface area contributed by atoms with Crippen molar-refractivity contribution in [1.82, 2.24) is 14.7 Å². The normalized spacial score (nSPS) is 13.6. The van der Waals surface area contributed by atoms with Crippen LogP contribution < -0.4 is 10.1 Å². The number of aromatic nitrogens is 2. The highest BCUT2D eigenvalue weighted by Crippen LogP contribution is 2.27. The van der Waals surface area contributed by atoms with E-state index in [1.165, 1.54) is 0 Å². The number of carbonyl (C=O) groups excluding carboxylic acids is 2. The van der Waals surface area contributed by atoms with Gasteiger partial charge in [0.25, 0.3) is 5.91 Å². The van der Waals surface area contributed by atoms with E-state index in [1.807, 2.05) is 46.9 Å². The van der Waals surface area contributed by atoms with Crippen LogP contribution in [-0.2, 0) is 24.8 Å². The van der Waals surface area contributed by atoms with Gasteiger partial charge in [0.05, 0.1) is 18.8 Å². The molecule has 1 N–H and O–H groups in total. The van der Waals surface area contributed by atoms with E-state index in [4.69, 9.17) is 9.47 Å². The van der Waals surface area contributed by atoms with Crippen molar-refractivity contribution in [2.45, 2.75) is 46.3 Å². The average molecular weight is 400 g/mol. The largest absolute Gasteiger partial charge is 0.492 e. The Labute approximate surface area is 170 Å². The van der Waals surface area contributed by atoms with Crippen molar-refractivity contribution in [3.05, 3.63) is 41.2 Å².